The number of hydrogen-bond acceptors (Lipinski definition) is 2. The SMILES string of the molecule is CC1CN(C2CCCCCC2)CC(C)(C)CN1. The van der Waals surface area contributed by atoms with Crippen molar-refractivity contribution in [2.75, 3.05) is 19.6 Å². The lowest BCUT2D eigenvalue weighted by Crippen LogP contribution is -2.42. The van der Waals surface area contributed by atoms with Gasteiger partial charge in [0.15, 0.2) is 0 Å². The molecule has 0 aromatic carbocycles. The molecule has 0 radical (unpaired) electrons. The molecule has 2 aliphatic rings. The molecule has 1 saturated carbocycles. The minimum absolute atomic E-state index is 0.428. The normalized spacial score (nSPS) is 33.0. The number of hydrogen-bond donors (Lipinski definition) is 1. The average Bonchev–Trinajstić information content (AvgIpc) is 2.59. The smallest absolute Gasteiger partial charge is 0.0167 e. The maximum absolute atomic E-state index is 3.68. The zero-order valence-corrected chi connectivity index (χ0v) is 12.0. The standard InChI is InChI=1S/C15H30N2/c1-13-10-17(12-15(2,3)11-16-13)14-8-6-4-5-7-9-14/h13-14,16H,4-12H2,1-3H3. The van der Waals surface area contributed by atoms with E-state index >= 15 is 0 Å². The molecule has 1 atom stereocenters. The van der Waals surface area contributed by atoms with E-state index in [1.807, 2.05) is 0 Å². The Hall–Kier alpha value is -0.0800. The van der Waals surface area contributed by atoms with Gasteiger partial charge in [-0.15, -0.1) is 0 Å². The van der Waals surface area contributed by atoms with Crippen LogP contribution in [0.15, 0.2) is 0 Å². The van der Waals surface area contributed by atoms with Crippen molar-refractivity contribution in [3.8, 4) is 0 Å². The Morgan fingerprint density at radius 1 is 1.06 bits per heavy atom. The third-order valence-corrected chi connectivity index (χ3v) is 4.41. The van der Waals surface area contributed by atoms with Gasteiger partial charge < -0.3 is 5.32 Å². The lowest BCUT2D eigenvalue weighted by molar-refractivity contribution is 0.135. The van der Waals surface area contributed by atoms with Gasteiger partial charge in [0.25, 0.3) is 0 Å². The lowest BCUT2D eigenvalue weighted by Gasteiger charge is -2.35. The summed E-state index contributed by atoms with van der Waals surface area (Å²) in [5.74, 6) is 0. The molecular formula is C15H30N2. The predicted octanol–water partition coefficient (Wildman–Crippen LogP) is 3.03. The van der Waals surface area contributed by atoms with Crippen molar-refractivity contribution in [1.29, 1.82) is 0 Å². The fraction of sp³-hybridized carbons (Fsp3) is 1.00. The Bertz CT molecular complexity index is 229. The van der Waals surface area contributed by atoms with Crippen LogP contribution in [0.4, 0.5) is 0 Å². The molecular weight excluding hydrogens is 208 g/mol. The van der Waals surface area contributed by atoms with Crippen LogP contribution in [-0.4, -0.2) is 36.6 Å². The highest BCUT2D eigenvalue weighted by atomic mass is 15.2. The molecule has 2 nitrogen and oxygen atoms in total. The number of nitrogens with zero attached hydrogens (tertiary/aromatic N) is 1. The molecule has 1 heterocycles. The van der Waals surface area contributed by atoms with Crippen molar-refractivity contribution in [3.05, 3.63) is 0 Å². The van der Waals surface area contributed by atoms with E-state index in [4.69, 9.17) is 0 Å². The summed E-state index contributed by atoms with van der Waals surface area (Å²) in [6.07, 6.45) is 8.68. The monoisotopic (exact) mass is 238 g/mol. The van der Waals surface area contributed by atoms with Crippen LogP contribution in [0.2, 0.25) is 0 Å². The van der Waals surface area contributed by atoms with E-state index in [0.717, 1.165) is 12.6 Å². The summed E-state index contributed by atoms with van der Waals surface area (Å²) >= 11 is 0. The molecule has 2 rings (SSSR count). The third kappa shape index (κ3) is 3.96. The van der Waals surface area contributed by atoms with Crippen LogP contribution >= 0.6 is 0 Å². The second kappa shape index (κ2) is 5.71. The van der Waals surface area contributed by atoms with Crippen LogP contribution in [-0.2, 0) is 0 Å². The molecule has 0 aromatic heterocycles. The van der Waals surface area contributed by atoms with E-state index in [1.54, 1.807) is 0 Å². The lowest BCUT2D eigenvalue weighted by atomic mass is 9.92. The fourth-order valence-corrected chi connectivity index (χ4v) is 3.44. The molecule has 1 aliphatic carbocycles. The van der Waals surface area contributed by atoms with Crippen molar-refractivity contribution in [2.24, 2.45) is 5.41 Å². The molecule has 17 heavy (non-hydrogen) atoms. The fourth-order valence-electron chi connectivity index (χ4n) is 3.44. The zero-order chi connectivity index (χ0) is 12.3. The topological polar surface area (TPSA) is 15.3 Å². The van der Waals surface area contributed by atoms with Crippen molar-refractivity contribution >= 4 is 0 Å². The highest BCUT2D eigenvalue weighted by Gasteiger charge is 2.31. The van der Waals surface area contributed by atoms with E-state index in [1.165, 1.54) is 51.6 Å². The van der Waals surface area contributed by atoms with Gasteiger partial charge in [-0.2, -0.15) is 0 Å². The van der Waals surface area contributed by atoms with Crippen molar-refractivity contribution in [2.45, 2.75) is 71.4 Å². The first-order valence-corrected chi connectivity index (χ1v) is 7.54. The van der Waals surface area contributed by atoms with Gasteiger partial charge >= 0.3 is 0 Å². The Morgan fingerprint density at radius 3 is 2.35 bits per heavy atom. The van der Waals surface area contributed by atoms with Crippen LogP contribution in [0.5, 0.6) is 0 Å². The molecule has 1 saturated heterocycles. The summed E-state index contributed by atoms with van der Waals surface area (Å²) in [5, 5.41) is 3.68. The Labute approximate surface area is 107 Å². The second-order valence-electron chi connectivity index (χ2n) is 7.02. The summed E-state index contributed by atoms with van der Waals surface area (Å²) in [7, 11) is 0. The van der Waals surface area contributed by atoms with E-state index in [9.17, 15) is 0 Å². The van der Waals surface area contributed by atoms with Gasteiger partial charge in [-0.1, -0.05) is 39.5 Å². The van der Waals surface area contributed by atoms with Crippen LogP contribution in [0.3, 0.4) is 0 Å². The van der Waals surface area contributed by atoms with E-state index in [2.05, 4.69) is 31.0 Å². The molecule has 0 amide bonds. The summed E-state index contributed by atoms with van der Waals surface area (Å²) in [4.78, 5) is 2.79. The first kappa shape index (κ1) is 13.4. The Morgan fingerprint density at radius 2 is 1.71 bits per heavy atom. The zero-order valence-electron chi connectivity index (χ0n) is 12.0. The number of nitrogens with one attached hydrogen (secondary N) is 1. The van der Waals surface area contributed by atoms with Gasteiger partial charge in [0.05, 0.1) is 0 Å². The third-order valence-electron chi connectivity index (χ3n) is 4.41. The van der Waals surface area contributed by atoms with E-state index in [0.29, 0.717) is 11.5 Å². The first-order valence-electron chi connectivity index (χ1n) is 7.54. The van der Waals surface area contributed by atoms with Crippen molar-refractivity contribution in [1.82, 2.24) is 10.2 Å². The molecule has 2 heteroatoms. The van der Waals surface area contributed by atoms with Gasteiger partial charge in [-0.25, -0.2) is 0 Å². The molecule has 100 valence electrons. The summed E-state index contributed by atoms with van der Waals surface area (Å²) in [6.45, 7) is 10.8. The van der Waals surface area contributed by atoms with E-state index in [-0.39, 0.29) is 0 Å². The minimum Gasteiger partial charge on any atom is -0.312 e. The maximum Gasteiger partial charge on any atom is 0.0167 e. The molecule has 1 unspecified atom stereocenters. The van der Waals surface area contributed by atoms with E-state index < -0.39 is 0 Å². The van der Waals surface area contributed by atoms with Crippen molar-refractivity contribution < 1.29 is 0 Å². The molecule has 0 aromatic rings. The predicted molar refractivity (Wildman–Crippen MR) is 74.3 cm³/mol. The highest BCUT2D eigenvalue weighted by molar-refractivity contribution is 4.87. The Kier molecular flexibility index (Phi) is 4.48. The maximum atomic E-state index is 3.68. The summed E-state index contributed by atoms with van der Waals surface area (Å²) in [5.41, 5.74) is 0.428. The van der Waals surface area contributed by atoms with Crippen LogP contribution in [0, 0.1) is 5.41 Å². The summed E-state index contributed by atoms with van der Waals surface area (Å²) in [6, 6.07) is 1.51. The van der Waals surface area contributed by atoms with Gasteiger partial charge in [-0.3, -0.25) is 4.90 Å². The average molecular weight is 238 g/mol. The highest BCUT2D eigenvalue weighted by Crippen LogP contribution is 2.27. The molecule has 0 spiro atoms. The molecule has 1 aliphatic heterocycles. The second-order valence-corrected chi connectivity index (χ2v) is 7.02. The van der Waals surface area contributed by atoms with Gasteiger partial charge in [0.1, 0.15) is 0 Å². The first-order chi connectivity index (χ1) is 8.07. The number of rotatable bonds is 1. The van der Waals surface area contributed by atoms with Gasteiger partial charge in [-0.05, 0) is 25.2 Å². The molecule has 1 N–H and O–H groups in total. The van der Waals surface area contributed by atoms with Crippen LogP contribution < -0.4 is 5.32 Å². The largest absolute Gasteiger partial charge is 0.312 e. The van der Waals surface area contributed by atoms with Crippen molar-refractivity contribution in [3.63, 3.8) is 0 Å². The van der Waals surface area contributed by atoms with Crippen LogP contribution in [0.25, 0.3) is 0 Å². The summed E-state index contributed by atoms with van der Waals surface area (Å²) < 4.78 is 0. The minimum atomic E-state index is 0.428. The quantitative estimate of drug-likeness (QED) is 0.706. The van der Waals surface area contributed by atoms with Gasteiger partial charge in [0.2, 0.25) is 0 Å². The van der Waals surface area contributed by atoms with Crippen LogP contribution in [0.1, 0.15) is 59.3 Å². The molecule has 2 fully saturated rings. The Balaban J connectivity index is 2.00. The molecule has 0 bridgehead atoms. The van der Waals surface area contributed by atoms with Gasteiger partial charge in [0, 0.05) is 31.7 Å².